The van der Waals surface area contributed by atoms with Crippen molar-refractivity contribution in [2.24, 2.45) is 11.8 Å². The zero-order valence-corrected chi connectivity index (χ0v) is 14.4. The van der Waals surface area contributed by atoms with Crippen LogP contribution in [0.2, 0.25) is 0 Å². The number of aromatic nitrogens is 1. The second kappa shape index (κ2) is 7.48. The fraction of sp³-hybridized carbons (Fsp3) is 0.381. The van der Waals surface area contributed by atoms with Crippen LogP contribution in [0.4, 0.5) is 5.82 Å². The molecule has 4 nitrogen and oxygen atoms in total. The van der Waals surface area contributed by atoms with Crippen molar-refractivity contribution in [1.29, 1.82) is 0 Å². The molecule has 1 aliphatic carbocycles. The molecule has 1 saturated carbocycles. The molecule has 1 fully saturated rings. The summed E-state index contributed by atoms with van der Waals surface area (Å²) in [5, 5.41) is 8.98. The van der Waals surface area contributed by atoms with Gasteiger partial charge in [-0.2, -0.15) is 0 Å². The first-order valence-electron chi connectivity index (χ1n) is 8.72. The van der Waals surface area contributed by atoms with E-state index in [1.54, 1.807) is 18.2 Å². The highest BCUT2D eigenvalue weighted by Crippen LogP contribution is 2.41. The summed E-state index contributed by atoms with van der Waals surface area (Å²) in [6, 6.07) is 11.1. The van der Waals surface area contributed by atoms with Crippen LogP contribution in [-0.2, 0) is 6.42 Å². The number of benzene rings is 1. The van der Waals surface area contributed by atoms with Gasteiger partial charge in [-0.15, -0.1) is 4.98 Å². The Morgan fingerprint density at radius 1 is 1.28 bits per heavy atom. The van der Waals surface area contributed by atoms with Crippen molar-refractivity contribution in [2.75, 3.05) is 0 Å². The number of hydrogen-bond acceptors (Lipinski definition) is 2. The molecule has 128 valence electrons. The van der Waals surface area contributed by atoms with E-state index >= 15 is 0 Å². The SMILES string of the molecule is [C-]#[N+]c1ccc([C@@H](C)[C@H]2CCC(Cc3ccc(C(=O)O)cc3)C2)cn1. The Balaban J connectivity index is 1.59. The lowest BCUT2D eigenvalue weighted by atomic mass is 9.86. The molecule has 3 atom stereocenters. The molecule has 2 aromatic rings. The van der Waals surface area contributed by atoms with Crippen LogP contribution in [0.15, 0.2) is 42.6 Å². The molecule has 25 heavy (non-hydrogen) atoms. The van der Waals surface area contributed by atoms with Gasteiger partial charge in [0.15, 0.2) is 0 Å². The summed E-state index contributed by atoms with van der Waals surface area (Å²) < 4.78 is 0. The summed E-state index contributed by atoms with van der Waals surface area (Å²) in [7, 11) is 0. The Labute approximate surface area is 148 Å². The van der Waals surface area contributed by atoms with E-state index in [0.29, 0.717) is 29.1 Å². The molecule has 0 bridgehead atoms. The fourth-order valence-corrected chi connectivity index (χ4v) is 3.88. The Morgan fingerprint density at radius 2 is 2.04 bits per heavy atom. The van der Waals surface area contributed by atoms with Crippen LogP contribution in [0, 0.1) is 18.4 Å². The van der Waals surface area contributed by atoms with Gasteiger partial charge in [-0.1, -0.05) is 31.7 Å². The van der Waals surface area contributed by atoms with E-state index in [1.165, 1.54) is 30.4 Å². The molecular weight excluding hydrogens is 312 g/mol. The zero-order chi connectivity index (χ0) is 17.8. The van der Waals surface area contributed by atoms with Crippen LogP contribution in [0.25, 0.3) is 4.85 Å². The first kappa shape index (κ1) is 17.2. The lowest BCUT2D eigenvalue weighted by molar-refractivity contribution is 0.0697. The molecule has 1 aromatic carbocycles. The first-order chi connectivity index (χ1) is 12.1. The lowest BCUT2D eigenvalue weighted by Crippen LogP contribution is -2.08. The van der Waals surface area contributed by atoms with Gasteiger partial charge in [0.05, 0.1) is 5.56 Å². The molecule has 3 rings (SSSR count). The molecule has 1 heterocycles. The van der Waals surface area contributed by atoms with Crippen LogP contribution in [0.1, 0.15) is 53.6 Å². The summed E-state index contributed by atoms with van der Waals surface area (Å²) in [6.07, 6.45) is 6.47. The van der Waals surface area contributed by atoms with Crippen LogP contribution in [0.5, 0.6) is 0 Å². The normalized spacial score (nSPS) is 20.8. The van der Waals surface area contributed by atoms with Gasteiger partial charge >= 0.3 is 5.97 Å². The maximum absolute atomic E-state index is 10.9. The molecule has 0 aliphatic heterocycles. The van der Waals surface area contributed by atoms with Gasteiger partial charge in [0.1, 0.15) is 6.20 Å². The first-order valence-corrected chi connectivity index (χ1v) is 8.72. The maximum Gasteiger partial charge on any atom is 0.335 e. The van der Waals surface area contributed by atoms with E-state index in [9.17, 15) is 4.79 Å². The predicted molar refractivity (Wildman–Crippen MR) is 96.9 cm³/mol. The van der Waals surface area contributed by atoms with E-state index < -0.39 is 5.97 Å². The summed E-state index contributed by atoms with van der Waals surface area (Å²) in [4.78, 5) is 18.5. The van der Waals surface area contributed by atoms with Crippen molar-refractivity contribution in [3.05, 3.63) is 70.7 Å². The Kier molecular flexibility index (Phi) is 5.14. The van der Waals surface area contributed by atoms with Gasteiger partial charge in [-0.25, -0.2) is 4.79 Å². The zero-order valence-electron chi connectivity index (χ0n) is 14.4. The smallest absolute Gasteiger partial charge is 0.335 e. The number of carboxylic acids is 1. The van der Waals surface area contributed by atoms with Gasteiger partial charge in [-0.3, -0.25) is 0 Å². The number of rotatable bonds is 5. The fourth-order valence-electron chi connectivity index (χ4n) is 3.88. The van der Waals surface area contributed by atoms with E-state index in [-0.39, 0.29) is 0 Å². The molecule has 4 heteroatoms. The van der Waals surface area contributed by atoms with E-state index in [1.807, 2.05) is 24.4 Å². The van der Waals surface area contributed by atoms with E-state index in [4.69, 9.17) is 11.7 Å². The molecular formula is C21H22N2O2. The minimum atomic E-state index is -0.876. The second-order valence-electron chi connectivity index (χ2n) is 7.00. The molecule has 0 saturated heterocycles. The van der Waals surface area contributed by atoms with Gasteiger partial charge < -0.3 is 9.95 Å². The highest BCUT2D eigenvalue weighted by Gasteiger charge is 2.29. The van der Waals surface area contributed by atoms with Crippen molar-refractivity contribution in [3.63, 3.8) is 0 Å². The number of carbonyl (C=O) groups is 1. The lowest BCUT2D eigenvalue weighted by Gasteiger charge is -2.19. The summed E-state index contributed by atoms with van der Waals surface area (Å²) >= 11 is 0. The third kappa shape index (κ3) is 4.06. The second-order valence-corrected chi connectivity index (χ2v) is 7.00. The third-order valence-corrected chi connectivity index (χ3v) is 5.43. The summed E-state index contributed by atoms with van der Waals surface area (Å²) in [5.74, 6) is 1.32. The van der Waals surface area contributed by atoms with Crippen LogP contribution < -0.4 is 0 Å². The van der Waals surface area contributed by atoms with Gasteiger partial charge in [0.2, 0.25) is 0 Å². The quantitative estimate of drug-likeness (QED) is 0.775. The van der Waals surface area contributed by atoms with Gasteiger partial charge in [0.25, 0.3) is 5.82 Å². The average Bonchev–Trinajstić information content (AvgIpc) is 3.10. The third-order valence-electron chi connectivity index (χ3n) is 5.43. The van der Waals surface area contributed by atoms with Crippen molar-refractivity contribution in [3.8, 4) is 0 Å². The maximum atomic E-state index is 10.9. The van der Waals surface area contributed by atoms with Crippen molar-refractivity contribution in [2.45, 2.75) is 38.5 Å². The highest BCUT2D eigenvalue weighted by atomic mass is 16.4. The number of nitrogens with zero attached hydrogens (tertiary/aromatic N) is 2. The molecule has 1 N–H and O–H groups in total. The molecule has 1 unspecified atom stereocenters. The van der Waals surface area contributed by atoms with Crippen molar-refractivity contribution < 1.29 is 9.90 Å². The van der Waals surface area contributed by atoms with Gasteiger partial charge in [0, 0.05) is 0 Å². The monoisotopic (exact) mass is 334 g/mol. The van der Waals surface area contributed by atoms with Crippen molar-refractivity contribution in [1.82, 2.24) is 4.98 Å². The molecule has 0 spiro atoms. The van der Waals surface area contributed by atoms with Gasteiger partial charge in [-0.05, 0) is 72.8 Å². The Morgan fingerprint density at radius 3 is 2.64 bits per heavy atom. The standard InChI is InChI=1S/C21H22N2O2/c1-14(19-9-10-20(22-2)23-13-19)18-8-5-16(12-18)11-15-3-6-17(7-4-15)21(24)25/h3-4,6-7,9-10,13-14,16,18H,5,8,11-12H2,1H3,(H,24,25)/t14-,16?,18-/m0/s1. The molecule has 0 radical (unpaired) electrons. The summed E-state index contributed by atoms with van der Waals surface area (Å²) in [6.45, 7) is 9.24. The molecule has 0 amide bonds. The topological polar surface area (TPSA) is 54.5 Å². The molecule has 1 aromatic heterocycles. The van der Waals surface area contributed by atoms with E-state index in [2.05, 4.69) is 16.8 Å². The number of carboxylic acid groups (broad SMARTS) is 1. The van der Waals surface area contributed by atoms with E-state index in [0.717, 1.165) is 6.42 Å². The number of pyridine rings is 1. The minimum Gasteiger partial charge on any atom is -0.478 e. The van der Waals surface area contributed by atoms with Crippen molar-refractivity contribution >= 4 is 11.8 Å². The Bertz CT molecular complexity index is 775. The average molecular weight is 334 g/mol. The Hall–Kier alpha value is -2.67. The van der Waals surface area contributed by atoms with Crippen LogP contribution in [-0.4, -0.2) is 16.1 Å². The van der Waals surface area contributed by atoms with Crippen LogP contribution in [0.3, 0.4) is 0 Å². The predicted octanol–water partition coefficient (Wildman–Crippen LogP) is 5.09. The largest absolute Gasteiger partial charge is 0.478 e. The number of aromatic carboxylic acids is 1. The number of hydrogen-bond donors (Lipinski definition) is 1. The minimum absolute atomic E-state index is 0.344. The molecule has 1 aliphatic rings. The van der Waals surface area contributed by atoms with Crippen LogP contribution >= 0.6 is 0 Å². The highest BCUT2D eigenvalue weighted by molar-refractivity contribution is 5.87. The summed E-state index contributed by atoms with van der Waals surface area (Å²) in [5.41, 5.74) is 2.77.